The van der Waals surface area contributed by atoms with Gasteiger partial charge in [0.15, 0.2) is 5.78 Å². The van der Waals surface area contributed by atoms with Crippen LogP contribution in [-0.4, -0.2) is 23.0 Å². The average molecular weight is 413 g/mol. The number of ketones is 1. The van der Waals surface area contributed by atoms with E-state index >= 15 is 0 Å². The van der Waals surface area contributed by atoms with Crippen LogP contribution in [0.2, 0.25) is 5.02 Å². The number of fused-ring (bicyclic) bond motifs is 2. The molecule has 2 heterocycles. The number of carbonyl (C=O) groups excluding carboxylic acids is 2. The zero-order chi connectivity index (χ0) is 20.9. The van der Waals surface area contributed by atoms with E-state index in [-0.39, 0.29) is 12.2 Å². The van der Waals surface area contributed by atoms with Gasteiger partial charge in [0.1, 0.15) is 5.60 Å². The summed E-state index contributed by atoms with van der Waals surface area (Å²) in [6.07, 6.45) is 1.35. The topological polar surface area (TPSA) is 52.6 Å². The van der Waals surface area contributed by atoms with Gasteiger partial charge in [0.2, 0.25) is 5.60 Å². The standard InChI is InChI=1S/C24H25ClO4/c1-22(2,3)28-21(27)24-19(16-9-11-18(25)12-10-16)15-23(29-24,14-13-20(24)26)17-7-5-4-6-8-17/h4-12,19H,13-15H2,1-3H3/t19-,23+,24+/m0/s1. The molecule has 2 aliphatic rings. The first-order valence-electron chi connectivity index (χ1n) is 9.94. The van der Waals surface area contributed by atoms with Crippen molar-refractivity contribution in [1.82, 2.24) is 0 Å². The summed E-state index contributed by atoms with van der Waals surface area (Å²) in [5.41, 5.74) is -1.23. The highest BCUT2D eigenvalue weighted by Crippen LogP contribution is 2.59. The normalized spacial score (nSPS) is 29.0. The fourth-order valence-corrected chi connectivity index (χ4v) is 4.69. The van der Waals surface area contributed by atoms with E-state index in [9.17, 15) is 9.59 Å². The smallest absolute Gasteiger partial charge is 0.347 e. The predicted octanol–water partition coefficient (Wildman–Crippen LogP) is 5.18. The Morgan fingerprint density at radius 1 is 1.10 bits per heavy atom. The van der Waals surface area contributed by atoms with Crippen LogP contribution in [-0.2, 0) is 24.7 Å². The SMILES string of the molecule is CC(C)(C)OC(=O)[C@]12O[C@](c3ccccc3)(CCC1=O)C[C@H]2c1ccc(Cl)cc1. The van der Waals surface area contributed by atoms with Crippen LogP contribution in [0.25, 0.3) is 0 Å². The van der Waals surface area contributed by atoms with Crippen LogP contribution >= 0.6 is 11.6 Å². The van der Waals surface area contributed by atoms with Crippen molar-refractivity contribution in [3.63, 3.8) is 0 Å². The summed E-state index contributed by atoms with van der Waals surface area (Å²) in [5.74, 6) is -1.26. The van der Waals surface area contributed by atoms with E-state index in [2.05, 4.69) is 0 Å². The van der Waals surface area contributed by atoms with Gasteiger partial charge in [0.25, 0.3) is 0 Å². The lowest BCUT2D eigenvalue weighted by Crippen LogP contribution is -2.56. The predicted molar refractivity (Wildman–Crippen MR) is 111 cm³/mol. The van der Waals surface area contributed by atoms with E-state index in [1.54, 1.807) is 32.9 Å². The summed E-state index contributed by atoms with van der Waals surface area (Å²) in [6.45, 7) is 5.39. The monoisotopic (exact) mass is 412 g/mol. The summed E-state index contributed by atoms with van der Waals surface area (Å²) in [7, 11) is 0. The molecule has 3 atom stereocenters. The zero-order valence-corrected chi connectivity index (χ0v) is 17.7. The van der Waals surface area contributed by atoms with Crippen molar-refractivity contribution in [3.05, 3.63) is 70.7 Å². The van der Waals surface area contributed by atoms with E-state index in [1.165, 1.54) is 0 Å². The second-order valence-corrected chi connectivity index (χ2v) is 9.37. The average Bonchev–Trinajstić information content (AvgIpc) is 2.98. The molecule has 2 aromatic carbocycles. The van der Waals surface area contributed by atoms with Gasteiger partial charge in [0, 0.05) is 17.4 Å². The third kappa shape index (κ3) is 3.38. The number of Topliss-reactive ketones (excluding diaryl/α,β-unsaturated/α-hetero) is 1. The molecule has 2 saturated heterocycles. The van der Waals surface area contributed by atoms with Crippen LogP contribution in [0, 0.1) is 0 Å². The molecule has 0 N–H and O–H groups in total. The summed E-state index contributed by atoms with van der Waals surface area (Å²) >= 11 is 6.08. The molecule has 0 unspecified atom stereocenters. The van der Waals surface area contributed by atoms with E-state index in [4.69, 9.17) is 21.1 Å². The Kier molecular flexibility index (Phi) is 4.83. The summed E-state index contributed by atoms with van der Waals surface area (Å²) in [5, 5.41) is 0.603. The minimum absolute atomic E-state index is 0.212. The Hall–Kier alpha value is -2.17. The molecular weight excluding hydrogens is 388 g/mol. The number of benzene rings is 2. The first-order valence-corrected chi connectivity index (χ1v) is 10.3. The van der Waals surface area contributed by atoms with Crippen LogP contribution < -0.4 is 0 Å². The fraction of sp³-hybridized carbons (Fsp3) is 0.417. The molecule has 0 spiro atoms. The van der Waals surface area contributed by atoms with Crippen molar-refractivity contribution in [3.8, 4) is 0 Å². The zero-order valence-electron chi connectivity index (χ0n) is 16.9. The molecule has 0 radical (unpaired) electrons. The molecule has 0 amide bonds. The summed E-state index contributed by atoms with van der Waals surface area (Å²) in [4.78, 5) is 26.7. The van der Waals surface area contributed by atoms with Crippen molar-refractivity contribution in [1.29, 1.82) is 0 Å². The van der Waals surface area contributed by atoms with Crippen molar-refractivity contribution in [2.45, 2.75) is 62.8 Å². The number of hydrogen-bond acceptors (Lipinski definition) is 4. The number of halogens is 1. The van der Waals surface area contributed by atoms with Gasteiger partial charge in [-0.1, -0.05) is 54.1 Å². The van der Waals surface area contributed by atoms with Crippen molar-refractivity contribution >= 4 is 23.4 Å². The van der Waals surface area contributed by atoms with Gasteiger partial charge >= 0.3 is 5.97 Å². The summed E-state index contributed by atoms with van der Waals surface area (Å²) in [6, 6.07) is 17.2. The minimum Gasteiger partial charge on any atom is -0.457 e. The highest BCUT2D eigenvalue weighted by Gasteiger charge is 2.68. The second kappa shape index (κ2) is 6.96. The molecule has 4 rings (SSSR count). The lowest BCUT2D eigenvalue weighted by atomic mass is 9.78. The highest BCUT2D eigenvalue weighted by molar-refractivity contribution is 6.30. The third-order valence-corrected chi connectivity index (χ3v) is 6.08. The Morgan fingerprint density at radius 3 is 2.38 bits per heavy atom. The van der Waals surface area contributed by atoms with E-state index in [0.717, 1.165) is 11.1 Å². The molecular formula is C24H25ClO4. The highest BCUT2D eigenvalue weighted by atomic mass is 35.5. The van der Waals surface area contributed by atoms with Crippen LogP contribution in [0.4, 0.5) is 0 Å². The van der Waals surface area contributed by atoms with Gasteiger partial charge in [-0.25, -0.2) is 4.79 Å². The van der Waals surface area contributed by atoms with Gasteiger partial charge in [0.05, 0.1) is 5.60 Å². The van der Waals surface area contributed by atoms with Crippen molar-refractivity contribution in [2.24, 2.45) is 0 Å². The molecule has 0 saturated carbocycles. The molecule has 2 aliphatic heterocycles. The number of ether oxygens (including phenoxy) is 2. The molecule has 2 bridgehead atoms. The fourth-order valence-electron chi connectivity index (χ4n) is 4.56. The van der Waals surface area contributed by atoms with Crippen LogP contribution in [0.3, 0.4) is 0 Å². The molecule has 5 heteroatoms. The largest absolute Gasteiger partial charge is 0.457 e. The number of carbonyl (C=O) groups is 2. The Balaban J connectivity index is 1.86. The van der Waals surface area contributed by atoms with Crippen LogP contribution in [0.15, 0.2) is 54.6 Å². The van der Waals surface area contributed by atoms with E-state index in [1.807, 2.05) is 42.5 Å². The third-order valence-electron chi connectivity index (χ3n) is 5.83. The number of esters is 1. The maximum absolute atomic E-state index is 13.4. The van der Waals surface area contributed by atoms with Gasteiger partial charge in [-0.15, -0.1) is 0 Å². The Morgan fingerprint density at radius 2 is 1.76 bits per heavy atom. The van der Waals surface area contributed by atoms with Gasteiger partial charge in [-0.2, -0.15) is 0 Å². The van der Waals surface area contributed by atoms with Crippen LogP contribution in [0.1, 0.15) is 57.1 Å². The molecule has 29 heavy (non-hydrogen) atoms. The van der Waals surface area contributed by atoms with Gasteiger partial charge in [-0.05, 0) is 56.9 Å². The van der Waals surface area contributed by atoms with E-state index in [0.29, 0.717) is 17.9 Å². The molecule has 152 valence electrons. The van der Waals surface area contributed by atoms with Crippen LogP contribution in [0.5, 0.6) is 0 Å². The van der Waals surface area contributed by atoms with Crippen molar-refractivity contribution < 1.29 is 19.1 Å². The number of rotatable bonds is 3. The lowest BCUT2D eigenvalue weighted by molar-refractivity contribution is -0.202. The van der Waals surface area contributed by atoms with Crippen molar-refractivity contribution in [2.75, 3.05) is 0 Å². The maximum Gasteiger partial charge on any atom is 0.347 e. The molecule has 2 fully saturated rings. The van der Waals surface area contributed by atoms with Gasteiger partial charge < -0.3 is 9.47 Å². The Labute approximate surface area is 176 Å². The lowest BCUT2D eigenvalue weighted by Gasteiger charge is -2.40. The second-order valence-electron chi connectivity index (χ2n) is 8.93. The molecule has 4 nitrogen and oxygen atoms in total. The molecule has 2 aromatic rings. The maximum atomic E-state index is 13.4. The first-order chi connectivity index (χ1) is 13.7. The number of hydrogen-bond donors (Lipinski definition) is 0. The minimum atomic E-state index is -1.64. The van der Waals surface area contributed by atoms with Gasteiger partial charge in [-0.3, -0.25) is 4.79 Å². The molecule has 0 aliphatic carbocycles. The quantitative estimate of drug-likeness (QED) is 0.514. The first kappa shape index (κ1) is 20.1. The summed E-state index contributed by atoms with van der Waals surface area (Å²) < 4.78 is 12.2. The van der Waals surface area contributed by atoms with E-state index < -0.39 is 28.7 Å². The molecule has 0 aromatic heterocycles. The Bertz CT molecular complexity index is 932.